The van der Waals surface area contributed by atoms with Crippen LogP contribution in [-0.4, -0.2) is 17.3 Å². The van der Waals surface area contributed by atoms with E-state index in [4.69, 9.17) is 11.6 Å². The molecule has 1 unspecified atom stereocenters. The summed E-state index contributed by atoms with van der Waals surface area (Å²) in [5.74, 6) is -0.710. The van der Waals surface area contributed by atoms with Gasteiger partial charge in [0.1, 0.15) is 5.82 Å². The molecule has 0 saturated carbocycles. The Labute approximate surface area is 114 Å². The van der Waals surface area contributed by atoms with Gasteiger partial charge in [-0.15, -0.1) is 11.6 Å². The average Bonchev–Trinajstić information content (AvgIpc) is 2.28. The quantitative estimate of drug-likeness (QED) is 0.841. The molecule has 5 heteroatoms. The summed E-state index contributed by atoms with van der Waals surface area (Å²) in [6.07, 6.45) is 0.681. The normalized spacial score (nSPS) is 14.2. The summed E-state index contributed by atoms with van der Waals surface area (Å²) in [5.41, 5.74) is -0.490. The number of carbonyl (C=O) groups excluding carboxylic acids is 1. The van der Waals surface area contributed by atoms with Gasteiger partial charge in [0.2, 0.25) is 0 Å². The van der Waals surface area contributed by atoms with Crippen LogP contribution in [0.5, 0.6) is 0 Å². The van der Waals surface area contributed by atoms with Crippen LogP contribution in [0.3, 0.4) is 0 Å². The molecule has 1 aromatic carbocycles. The van der Waals surface area contributed by atoms with Crippen molar-refractivity contribution in [1.29, 1.82) is 0 Å². The largest absolute Gasteiger partial charge is 0.346 e. The molecule has 0 radical (unpaired) electrons. The molecule has 0 heterocycles. The number of hydrogen-bond acceptors (Lipinski definition) is 1. The highest BCUT2D eigenvalue weighted by Crippen LogP contribution is 2.17. The van der Waals surface area contributed by atoms with Crippen LogP contribution in [0.15, 0.2) is 22.7 Å². The second-order valence-corrected chi connectivity index (χ2v) is 5.31. The first kappa shape index (κ1) is 14.5. The first-order valence-corrected chi connectivity index (χ1v) is 6.58. The number of amides is 1. The fourth-order valence-electron chi connectivity index (χ4n) is 1.23. The molecule has 1 aromatic rings. The monoisotopic (exact) mass is 321 g/mol. The molecular formula is C12H14BrClFNO. The Morgan fingerprint density at radius 2 is 2.24 bits per heavy atom. The fourth-order valence-corrected chi connectivity index (χ4v) is 1.82. The second kappa shape index (κ2) is 5.83. The molecule has 1 N–H and O–H groups in total. The fraction of sp³-hybridized carbons (Fsp3) is 0.417. The molecule has 0 saturated heterocycles. The van der Waals surface area contributed by atoms with Crippen molar-refractivity contribution in [1.82, 2.24) is 5.32 Å². The van der Waals surface area contributed by atoms with E-state index in [1.165, 1.54) is 12.1 Å². The van der Waals surface area contributed by atoms with Crippen LogP contribution in [0.2, 0.25) is 0 Å². The minimum atomic E-state index is -0.551. The highest BCUT2D eigenvalue weighted by Gasteiger charge is 2.24. The Balaban J connectivity index is 2.90. The summed E-state index contributed by atoms with van der Waals surface area (Å²) in [5, 5.41) is 2.74. The minimum absolute atomic E-state index is 0.0259. The van der Waals surface area contributed by atoms with Crippen molar-refractivity contribution < 1.29 is 9.18 Å². The third-order valence-corrected chi connectivity index (χ3v) is 3.75. The van der Waals surface area contributed by atoms with Crippen molar-refractivity contribution >= 4 is 33.4 Å². The maximum Gasteiger partial charge on any atom is 0.254 e. The zero-order valence-electron chi connectivity index (χ0n) is 9.69. The summed E-state index contributed by atoms with van der Waals surface area (Å²) in [7, 11) is 0. The van der Waals surface area contributed by atoms with E-state index in [0.29, 0.717) is 10.9 Å². The van der Waals surface area contributed by atoms with Gasteiger partial charge in [-0.3, -0.25) is 4.79 Å². The summed E-state index contributed by atoms with van der Waals surface area (Å²) >= 11 is 8.93. The van der Waals surface area contributed by atoms with Crippen LogP contribution in [0.4, 0.5) is 4.39 Å². The Hall–Kier alpha value is -0.610. The van der Waals surface area contributed by atoms with Gasteiger partial charge < -0.3 is 5.32 Å². The van der Waals surface area contributed by atoms with Crippen molar-refractivity contribution in [3.63, 3.8) is 0 Å². The van der Waals surface area contributed by atoms with Gasteiger partial charge in [0.15, 0.2) is 0 Å². The topological polar surface area (TPSA) is 29.1 Å². The zero-order valence-corrected chi connectivity index (χ0v) is 12.0. The molecule has 0 aromatic heterocycles. The van der Waals surface area contributed by atoms with E-state index in [0.717, 1.165) is 0 Å². The van der Waals surface area contributed by atoms with Crippen LogP contribution in [0.25, 0.3) is 0 Å². The molecule has 0 aliphatic carbocycles. The molecule has 0 bridgehead atoms. The van der Waals surface area contributed by atoms with Crippen LogP contribution in [0.1, 0.15) is 30.6 Å². The maximum atomic E-state index is 13.6. The number of carbonyl (C=O) groups is 1. The van der Waals surface area contributed by atoms with E-state index >= 15 is 0 Å². The third kappa shape index (κ3) is 3.68. The summed E-state index contributed by atoms with van der Waals surface area (Å²) < 4.78 is 14.2. The van der Waals surface area contributed by atoms with E-state index in [9.17, 15) is 9.18 Å². The van der Waals surface area contributed by atoms with Crippen molar-refractivity contribution in [3.05, 3.63) is 34.1 Å². The smallest absolute Gasteiger partial charge is 0.254 e. The van der Waals surface area contributed by atoms with E-state index in [1.54, 1.807) is 6.07 Å². The zero-order chi connectivity index (χ0) is 13.1. The number of nitrogens with one attached hydrogen (secondary N) is 1. The van der Waals surface area contributed by atoms with Crippen LogP contribution in [-0.2, 0) is 0 Å². The molecule has 17 heavy (non-hydrogen) atoms. The Morgan fingerprint density at radius 3 is 2.71 bits per heavy atom. The van der Waals surface area contributed by atoms with Gasteiger partial charge in [-0.1, -0.05) is 22.9 Å². The van der Waals surface area contributed by atoms with Crippen LogP contribution < -0.4 is 5.32 Å². The molecule has 0 spiro atoms. The van der Waals surface area contributed by atoms with Crippen molar-refractivity contribution in [2.75, 3.05) is 5.88 Å². The summed E-state index contributed by atoms with van der Waals surface area (Å²) in [4.78, 5) is 11.9. The highest BCUT2D eigenvalue weighted by atomic mass is 79.9. The number of benzene rings is 1. The van der Waals surface area contributed by atoms with E-state index in [-0.39, 0.29) is 11.4 Å². The van der Waals surface area contributed by atoms with Crippen molar-refractivity contribution in [2.24, 2.45) is 0 Å². The third-order valence-electron chi connectivity index (χ3n) is 2.67. The maximum absolute atomic E-state index is 13.6. The van der Waals surface area contributed by atoms with E-state index < -0.39 is 17.3 Å². The lowest BCUT2D eigenvalue weighted by molar-refractivity contribution is 0.0908. The van der Waals surface area contributed by atoms with Gasteiger partial charge >= 0.3 is 0 Å². The molecule has 1 rings (SSSR count). The number of halogens is 3. The lowest BCUT2D eigenvalue weighted by Gasteiger charge is -2.27. The predicted molar refractivity (Wildman–Crippen MR) is 71.0 cm³/mol. The highest BCUT2D eigenvalue weighted by molar-refractivity contribution is 9.10. The van der Waals surface area contributed by atoms with Crippen molar-refractivity contribution in [2.45, 2.75) is 25.8 Å². The first-order chi connectivity index (χ1) is 7.91. The Morgan fingerprint density at radius 1 is 1.59 bits per heavy atom. The molecule has 1 atom stereocenters. The number of rotatable bonds is 4. The molecule has 0 aliphatic rings. The standard InChI is InChI=1S/C12H14BrClFNO/c1-3-12(2,7-14)16-11(17)9-5-4-8(13)6-10(9)15/h4-6H,3,7H2,1-2H3,(H,16,17). The Kier molecular flexibility index (Phi) is 4.95. The first-order valence-electron chi connectivity index (χ1n) is 5.25. The van der Waals surface area contributed by atoms with Crippen molar-refractivity contribution in [3.8, 4) is 0 Å². The molecule has 1 amide bonds. The van der Waals surface area contributed by atoms with Gasteiger partial charge in [-0.2, -0.15) is 0 Å². The SMILES string of the molecule is CCC(C)(CCl)NC(=O)c1ccc(Br)cc1F. The van der Waals surface area contributed by atoms with Gasteiger partial charge in [0, 0.05) is 10.4 Å². The van der Waals surface area contributed by atoms with Gasteiger partial charge in [0.05, 0.1) is 11.1 Å². The molecule has 2 nitrogen and oxygen atoms in total. The molecule has 0 fully saturated rings. The summed E-state index contributed by atoms with van der Waals surface area (Å²) in [6.45, 7) is 3.75. The predicted octanol–water partition coefficient (Wildman–Crippen LogP) is 3.73. The Bertz CT molecular complexity index is 421. The molecule has 94 valence electrons. The minimum Gasteiger partial charge on any atom is -0.346 e. The van der Waals surface area contributed by atoms with Crippen LogP contribution >= 0.6 is 27.5 Å². The molecular weight excluding hydrogens is 308 g/mol. The van der Waals surface area contributed by atoms with Gasteiger partial charge in [-0.25, -0.2) is 4.39 Å². The molecule has 0 aliphatic heterocycles. The van der Waals surface area contributed by atoms with Gasteiger partial charge in [0.25, 0.3) is 5.91 Å². The average molecular weight is 323 g/mol. The number of alkyl halides is 1. The lowest BCUT2D eigenvalue weighted by atomic mass is 10.0. The number of hydrogen-bond donors (Lipinski definition) is 1. The van der Waals surface area contributed by atoms with Crippen LogP contribution in [0, 0.1) is 5.82 Å². The van der Waals surface area contributed by atoms with Gasteiger partial charge in [-0.05, 0) is 31.5 Å². The summed E-state index contributed by atoms with van der Waals surface area (Å²) in [6, 6.07) is 4.33. The van der Waals surface area contributed by atoms with E-state index in [1.807, 2.05) is 13.8 Å². The van der Waals surface area contributed by atoms with E-state index in [2.05, 4.69) is 21.2 Å². The lowest BCUT2D eigenvalue weighted by Crippen LogP contribution is -2.47. The second-order valence-electron chi connectivity index (χ2n) is 4.13.